The van der Waals surface area contributed by atoms with Crippen molar-refractivity contribution in [2.75, 3.05) is 20.2 Å². The predicted octanol–water partition coefficient (Wildman–Crippen LogP) is 2.37. The standard InChI is InChI=1S/C16H24N2O/c1-16(2)14(13-7-11-19-15(13)16)18(3)10-6-12-4-8-17-9-5-12/h4-5,8-9,13-15H,6-7,10-11H2,1-3H3/t13-,14-,15-/m1/s1. The third-order valence-electron chi connectivity index (χ3n) is 5.02. The average Bonchev–Trinajstić information content (AvgIpc) is 2.83. The van der Waals surface area contributed by atoms with Gasteiger partial charge in [0.1, 0.15) is 0 Å². The van der Waals surface area contributed by atoms with Gasteiger partial charge in [-0.15, -0.1) is 0 Å². The van der Waals surface area contributed by atoms with Crippen LogP contribution in [0.1, 0.15) is 25.8 Å². The lowest BCUT2D eigenvalue weighted by Crippen LogP contribution is -2.66. The molecule has 1 aliphatic carbocycles. The van der Waals surface area contributed by atoms with Gasteiger partial charge in [0.2, 0.25) is 0 Å². The quantitative estimate of drug-likeness (QED) is 0.831. The summed E-state index contributed by atoms with van der Waals surface area (Å²) in [6.45, 7) is 6.77. The zero-order valence-corrected chi connectivity index (χ0v) is 12.2. The number of pyridine rings is 1. The maximum Gasteiger partial charge on any atom is 0.0685 e. The Hall–Kier alpha value is -0.930. The van der Waals surface area contributed by atoms with Crippen molar-refractivity contribution >= 4 is 0 Å². The molecule has 3 heteroatoms. The summed E-state index contributed by atoms with van der Waals surface area (Å²) in [6, 6.07) is 4.89. The molecule has 2 heterocycles. The van der Waals surface area contributed by atoms with E-state index in [0.29, 0.717) is 17.6 Å². The van der Waals surface area contributed by atoms with E-state index in [1.165, 1.54) is 12.0 Å². The first kappa shape index (κ1) is 13.1. The number of hydrogen-bond acceptors (Lipinski definition) is 3. The molecule has 2 fully saturated rings. The Morgan fingerprint density at radius 2 is 2.11 bits per heavy atom. The Balaban J connectivity index is 1.60. The highest BCUT2D eigenvalue weighted by molar-refractivity contribution is 5.13. The van der Waals surface area contributed by atoms with E-state index in [0.717, 1.165) is 25.5 Å². The average molecular weight is 260 g/mol. The van der Waals surface area contributed by atoms with Gasteiger partial charge in [-0.3, -0.25) is 4.98 Å². The Morgan fingerprint density at radius 3 is 2.84 bits per heavy atom. The third-order valence-corrected chi connectivity index (χ3v) is 5.02. The topological polar surface area (TPSA) is 25.4 Å². The van der Waals surface area contributed by atoms with E-state index >= 15 is 0 Å². The zero-order valence-electron chi connectivity index (χ0n) is 12.2. The molecule has 0 N–H and O–H groups in total. The molecule has 0 amide bonds. The van der Waals surface area contributed by atoms with Crippen LogP contribution in [0.25, 0.3) is 0 Å². The minimum absolute atomic E-state index is 0.300. The first-order valence-corrected chi connectivity index (χ1v) is 7.31. The summed E-state index contributed by atoms with van der Waals surface area (Å²) in [7, 11) is 2.27. The van der Waals surface area contributed by atoms with Crippen molar-refractivity contribution in [2.24, 2.45) is 11.3 Å². The number of nitrogens with zero attached hydrogens (tertiary/aromatic N) is 2. The second kappa shape index (κ2) is 4.88. The lowest BCUT2D eigenvalue weighted by molar-refractivity contribution is -0.149. The van der Waals surface area contributed by atoms with Gasteiger partial charge in [0.25, 0.3) is 0 Å². The number of hydrogen-bond donors (Lipinski definition) is 0. The van der Waals surface area contributed by atoms with Crippen LogP contribution in [0.15, 0.2) is 24.5 Å². The van der Waals surface area contributed by atoms with E-state index in [2.05, 4.69) is 42.9 Å². The minimum Gasteiger partial charge on any atom is -0.377 e. The van der Waals surface area contributed by atoms with Crippen LogP contribution in [-0.2, 0) is 11.2 Å². The second-order valence-corrected chi connectivity index (χ2v) is 6.60. The van der Waals surface area contributed by atoms with E-state index in [-0.39, 0.29) is 0 Å². The Kier molecular flexibility index (Phi) is 3.35. The zero-order chi connectivity index (χ0) is 13.5. The summed E-state index contributed by atoms with van der Waals surface area (Å²) < 4.78 is 5.88. The van der Waals surface area contributed by atoms with Gasteiger partial charge in [-0.05, 0) is 37.6 Å². The van der Waals surface area contributed by atoms with Crippen molar-refractivity contribution < 1.29 is 4.74 Å². The molecular weight excluding hydrogens is 236 g/mol. The molecule has 2 aliphatic rings. The lowest BCUT2D eigenvalue weighted by Gasteiger charge is -2.58. The van der Waals surface area contributed by atoms with Crippen LogP contribution in [0.5, 0.6) is 0 Å². The molecule has 1 aromatic rings. The highest BCUT2D eigenvalue weighted by Crippen LogP contribution is 2.54. The molecule has 1 saturated carbocycles. The summed E-state index contributed by atoms with van der Waals surface area (Å²) in [5, 5.41) is 0. The second-order valence-electron chi connectivity index (χ2n) is 6.60. The Bertz CT molecular complexity index is 432. The number of likely N-dealkylation sites (N-methyl/N-ethyl adjacent to an activating group) is 1. The van der Waals surface area contributed by atoms with Crippen molar-refractivity contribution in [3.8, 4) is 0 Å². The number of rotatable bonds is 4. The normalized spacial score (nSPS) is 32.1. The van der Waals surface area contributed by atoms with Crippen LogP contribution in [-0.4, -0.2) is 42.2 Å². The summed E-state index contributed by atoms with van der Waals surface area (Å²) in [5.41, 5.74) is 1.67. The molecule has 1 saturated heterocycles. The molecule has 3 nitrogen and oxygen atoms in total. The fraction of sp³-hybridized carbons (Fsp3) is 0.688. The van der Waals surface area contributed by atoms with Crippen molar-refractivity contribution in [3.63, 3.8) is 0 Å². The molecular formula is C16H24N2O. The van der Waals surface area contributed by atoms with E-state index in [1.54, 1.807) is 0 Å². The minimum atomic E-state index is 0.300. The van der Waals surface area contributed by atoms with Gasteiger partial charge in [0.05, 0.1) is 6.10 Å². The van der Waals surface area contributed by atoms with Crippen LogP contribution >= 0.6 is 0 Å². The fourth-order valence-corrected chi connectivity index (χ4v) is 4.19. The van der Waals surface area contributed by atoms with Crippen LogP contribution in [0, 0.1) is 11.3 Å². The summed E-state index contributed by atoms with van der Waals surface area (Å²) >= 11 is 0. The molecule has 0 spiro atoms. The van der Waals surface area contributed by atoms with E-state index in [1.807, 2.05) is 12.4 Å². The highest BCUT2D eigenvalue weighted by atomic mass is 16.5. The first-order valence-electron chi connectivity index (χ1n) is 7.31. The van der Waals surface area contributed by atoms with Crippen molar-refractivity contribution in [1.29, 1.82) is 0 Å². The molecule has 0 aromatic carbocycles. The molecule has 3 rings (SSSR count). The molecule has 104 valence electrons. The van der Waals surface area contributed by atoms with E-state index in [4.69, 9.17) is 4.74 Å². The van der Waals surface area contributed by atoms with E-state index in [9.17, 15) is 0 Å². The SMILES string of the molecule is CN(CCc1ccncc1)[C@@H]1[C@H]2CCO[C@H]2C1(C)C. The molecule has 3 atom stereocenters. The predicted molar refractivity (Wildman–Crippen MR) is 76.0 cm³/mol. The van der Waals surface area contributed by atoms with Crippen LogP contribution in [0.2, 0.25) is 0 Å². The Labute approximate surface area is 116 Å². The molecule has 19 heavy (non-hydrogen) atoms. The Morgan fingerprint density at radius 1 is 1.37 bits per heavy atom. The molecule has 0 bridgehead atoms. The highest BCUT2D eigenvalue weighted by Gasteiger charge is 2.60. The first-order chi connectivity index (χ1) is 9.10. The molecule has 1 aliphatic heterocycles. The van der Waals surface area contributed by atoms with Gasteiger partial charge in [0.15, 0.2) is 0 Å². The fourth-order valence-electron chi connectivity index (χ4n) is 4.19. The van der Waals surface area contributed by atoms with Gasteiger partial charge in [0, 0.05) is 42.9 Å². The van der Waals surface area contributed by atoms with Crippen LogP contribution in [0.3, 0.4) is 0 Å². The van der Waals surface area contributed by atoms with Gasteiger partial charge < -0.3 is 9.64 Å². The number of fused-ring (bicyclic) bond motifs is 1. The van der Waals surface area contributed by atoms with E-state index < -0.39 is 0 Å². The van der Waals surface area contributed by atoms with Gasteiger partial charge >= 0.3 is 0 Å². The van der Waals surface area contributed by atoms with Gasteiger partial charge in [-0.2, -0.15) is 0 Å². The lowest BCUT2D eigenvalue weighted by atomic mass is 9.57. The summed E-state index contributed by atoms with van der Waals surface area (Å²) in [5.74, 6) is 0.748. The maximum atomic E-state index is 5.88. The third kappa shape index (κ3) is 2.19. The summed E-state index contributed by atoms with van der Waals surface area (Å²) in [6.07, 6.45) is 6.58. The van der Waals surface area contributed by atoms with Crippen molar-refractivity contribution in [1.82, 2.24) is 9.88 Å². The van der Waals surface area contributed by atoms with Crippen LogP contribution < -0.4 is 0 Å². The summed E-state index contributed by atoms with van der Waals surface area (Å²) in [4.78, 5) is 6.61. The van der Waals surface area contributed by atoms with Gasteiger partial charge in [-0.25, -0.2) is 0 Å². The number of aromatic nitrogens is 1. The largest absolute Gasteiger partial charge is 0.377 e. The van der Waals surface area contributed by atoms with Gasteiger partial charge in [-0.1, -0.05) is 13.8 Å². The number of ether oxygens (including phenoxy) is 1. The smallest absolute Gasteiger partial charge is 0.0685 e. The van der Waals surface area contributed by atoms with Crippen molar-refractivity contribution in [2.45, 2.75) is 38.8 Å². The molecule has 0 unspecified atom stereocenters. The van der Waals surface area contributed by atoms with Crippen LogP contribution in [0.4, 0.5) is 0 Å². The molecule has 0 radical (unpaired) electrons. The maximum absolute atomic E-state index is 5.88. The van der Waals surface area contributed by atoms with Crippen molar-refractivity contribution in [3.05, 3.63) is 30.1 Å². The molecule has 1 aromatic heterocycles. The monoisotopic (exact) mass is 260 g/mol.